The maximum atomic E-state index is 12.5. The van der Waals surface area contributed by atoms with Gasteiger partial charge in [-0.05, 0) is 38.9 Å². The third-order valence-corrected chi connectivity index (χ3v) is 2.75. The van der Waals surface area contributed by atoms with Crippen LogP contribution in [0.25, 0.3) is 0 Å². The van der Waals surface area contributed by atoms with Crippen molar-refractivity contribution >= 4 is 5.95 Å². The highest BCUT2D eigenvalue weighted by Crippen LogP contribution is 2.07. The average Bonchev–Trinajstić information content (AvgIpc) is 2.80. The lowest BCUT2D eigenvalue weighted by Gasteiger charge is -2.14. The maximum Gasteiger partial charge on any atom is 0.222 e. The Bertz CT molecular complexity index is 308. The van der Waals surface area contributed by atoms with Gasteiger partial charge < -0.3 is 10.2 Å². The van der Waals surface area contributed by atoms with Crippen molar-refractivity contribution in [2.45, 2.75) is 19.3 Å². The molecule has 0 saturated carbocycles. The first-order chi connectivity index (χ1) is 7.84. The summed E-state index contributed by atoms with van der Waals surface area (Å²) in [6.45, 7) is 4.41. The van der Waals surface area contributed by atoms with E-state index in [0.717, 1.165) is 19.5 Å². The van der Waals surface area contributed by atoms with Crippen LogP contribution in [0, 0.1) is 5.82 Å². The molecule has 5 heteroatoms. The van der Waals surface area contributed by atoms with Crippen LogP contribution in [0.3, 0.4) is 0 Å². The third-order valence-electron chi connectivity index (χ3n) is 2.75. The lowest BCUT2D eigenvalue weighted by Crippen LogP contribution is -2.22. The fourth-order valence-electron chi connectivity index (χ4n) is 1.91. The molecule has 1 aliphatic heterocycles. The van der Waals surface area contributed by atoms with Crippen molar-refractivity contribution in [1.29, 1.82) is 0 Å². The standard InChI is InChI=1S/C11H17FN4/c12-10-8-14-11(15-9-10)13-4-3-7-16-5-1-2-6-16/h8-9H,1-7H2,(H,13,14,15). The Morgan fingerprint density at radius 1 is 1.25 bits per heavy atom. The number of rotatable bonds is 5. The Hall–Kier alpha value is -1.23. The van der Waals surface area contributed by atoms with Gasteiger partial charge in [-0.25, -0.2) is 14.4 Å². The van der Waals surface area contributed by atoms with Crippen LogP contribution in [0.2, 0.25) is 0 Å². The molecule has 1 N–H and O–H groups in total. The van der Waals surface area contributed by atoms with E-state index in [1.165, 1.54) is 38.3 Å². The lowest BCUT2D eigenvalue weighted by atomic mass is 10.4. The molecule has 0 aliphatic carbocycles. The summed E-state index contributed by atoms with van der Waals surface area (Å²) in [6, 6.07) is 0. The number of likely N-dealkylation sites (tertiary alicyclic amines) is 1. The molecule has 0 unspecified atom stereocenters. The minimum absolute atomic E-state index is 0.400. The summed E-state index contributed by atoms with van der Waals surface area (Å²) in [5, 5.41) is 3.08. The van der Waals surface area contributed by atoms with Crippen LogP contribution in [-0.4, -0.2) is 41.0 Å². The van der Waals surface area contributed by atoms with E-state index in [-0.39, 0.29) is 0 Å². The predicted molar refractivity (Wildman–Crippen MR) is 60.8 cm³/mol. The van der Waals surface area contributed by atoms with E-state index >= 15 is 0 Å². The van der Waals surface area contributed by atoms with E-state index in [4.69, 9.17) is 0 Å². The normalized spacial score (nSPS) is 16.6. The lowest BCUT2D eigenvalue weighted by molar-refractivity contribution is 0.337. The molecule has 16 heavy (non-hydrogen) atoms. The molecule has 1 saturated heterocycles. The molecule has 1 fully saturated rings. The molecular formula is C11H17FN4. The topological polar surface area (TPSA) is 41.1 Å². The van der Waals surface area contributed by atoms with Gasteiger partial charge in [0.15, 0.2) is 5.82 Å². The molecule has 1 aromatic heterocycles. The number of nitrogens with one attached hydrogen (secondary N) is 1. The molecule has 0 spiro atoms. The first-order valence-corrected chi connectivity index (χ1v) is 5.78. The zero-order chi connectivity index (χ0) is 11.2. The van der Waals surface area contributed by atoms with Crippen LogP contribution in [0.4, 0.5) is 10.3 Å². The highest BCUT2D eigenvalue weighted by atomic mass is 19.1. The highest BCUT2D eigenvalue weighted by Gasteiger charge is 2.09. The molecule has 1 aromatic rings. The fraction of sp³-hybridized carbons (Fsp3) is 0.636. The fourth-order valence-corrected chi connectivity index (χ4v) is 1.91. The zero-order valence-electron chi connectivity index (χ0n) is 9.32. The number of hydrogen-bond acceptors (Lipinski definition) is 4. The highest BCUT2D eigenvalue weighted by molar-refractivity contribution is 5.21. The molecule has 0 amide bonds. The van der Waals surface area contributed by atoms with Crippen molar-refractivity contribution < 1.29 is 4.39 Å². The number of halogens is 1. The smallest absolute Gasteiger partial charge is 0.222 e. The second kappa shape index (κ2) is 5.75. The van der Waals surface area contributed by atoms with E-state index in [9.17, 15) is 4.39 Å². The van der Waals surface area contributed by atoms with Crippen molar-refractivity contribution in [2.24, 2.45) is 0 Å². The predicted octanol–water partition coefficient (Wildman–Crippen LogP) is 1.51. The summed E-state index contributed by atoms with van der Waals surface area (Å²) in [6.07, 6.45) is 6.08. The minimum Gasteiger partial charge on any atom is -0.354 e. The summed E-state index contributed by atoms with van der Waals surface area (Å²) in [5.74, 6) is 0.102. The third kappa shape index (κ3) is 3.41. The van der Waals surface area contributed by atoms with Gasteiger partial charge in [-0.1, -0.05) is 0 Å². The van der Waals surface area contributed by atoms with E-state index in [1.807, 2.05) is 0 Å². The summed E-state index contributed by atoms with van der Waals surface area (Å²) >= 11 is 0. The molecule has 2 rings (SSSR count). The van der Waals surface area contributed by atoms with Gasteiger partial charge in [0.25, 0.3) is 0 Å². The first kappa shape index (κ1) is 11.3. The molecule has 0 radical (unpaired) electrons. The quantitative estimate of drug-likeness (QED) is 0.770. The Morgan fingerprint density at radius 2 is 1.94 bits per heavy atom. The minimum atomic E-state index is -0.400. The molecule has 1 aliphatic rings. The van der Waals surface area contributed by atoms with Gasteiger partial charge in [0, 0.05) is 6.54 Å². The molecule has 4 nitrogen and oxygen atoms in total. The molecule has 0 atom stereocenters. The van der Waals surface area contributed by atoms with Gasteiger partial charge in [0.2, 0.25) is 5.95 Å². The Labute approximate surface area is 94.9 Å². The van der Waals surface area contributed by atoms with Crippen LogP contribution >= 0.6 is 0 Å². The van der Waals surface area contributed by atoms with Gasteiger partial charge in [0.1, 0.15) is 0 Å². The summed E-state index contributed by atoms with van der Waals surface area (Å²) in [7, 11) is 0. The average molecular weight is 224 g/mol. The number of aromatic nitrogens is 2. The zero-order valence-corrected chi connectivity index (χ0v) is 9.32. The van der Waals surface area contributed by atoms with Crippen molar-refractivity contribution in [1.82, 2.24) is 14.9 Å². The molecular weight excluding hydrogens is 207 g/mol. The van der Waals surface area contributed by atoms with E-state index in [1.54, 1.807) is 0 Å². The maximum absolute atomic E-state index is 12.5. The van der Waals surface area contributed by atoms with Gasteiger partial charge >= 0.3 is 0 Å². The van der Waals surface area contributed by atoms with Crippen LogP contribution in [0.15, 0.2) is 12.4 Å². The monoisotopic (exact) mass is 224 g/mol. The Kier molecular flexibility index (Phi) is 4.04. The molecule has 0 aromatic carbocycles. The summed E-state index contributed by atoms with van der Waals surface area (Å²) < 4.78 is 12.5. The molecule has 0 bridgehead atoms. The number of hydrogen-bond donors (Lipinski definition) is 1. The van der Waals surface area contributed by atoms with Crippen LogP contribution in [0.5, 0.6) is 0 Å². The van der Waals surface area contributed by atoms with Gasteiger partial charge in [0.05, 0.1) is 12.4 Å². The van der Waals surface area contributed by atoms with Gasteiger partial charge in [-0.15, -0.1) is 0 Å². The van der Waals surface area contributed by atoms with E-state index < -0.39 is 5.82 Å². The molecule has 88 valence electrons. The SMILES string of the molecule is Fc1cnc(NCCCN2CCCC2)nc1. The van der Waals surface area contributed by atoms with Gasteiger partial charge in [-0.3, -0.25) is 0 Å². The second-order valence-corrected chi connectivity index (χ2v) is 4.05. The van der Waals surface area contributed by atoms with Crippen LogP contribution in [-0.2, 0) is 0 Å². The van der Waals surface area contributed by atoms with Crippen molar-refractivity contribution in [3.63, 3.8) is 0 Å². The van der Waals surface area contributed by atoms with Crippen molar-refractivity contribution in [3.05, 3.63) is 18.2 Å². The summed E-state index contributed by atoms with van der Waals surface area (Å²) in [5.41, 5.74) is 0. The Morgan fingerprint density at radius 3 is 2.62 bits per heavy atom. The van der Waals surface area contributed by atoms with Crippen LogP contribution < -0.4 is 5.32 Å². The van der Waals surface area contributed by atoms with E-state index in [2.05, 4.69) is 20.2 Å². The Balaban J connectivity index is 1.62. The van der Waals surface area contributed by atoms with Crippen molar-refractivity contribution in [2.75, 3.05) is 31.5 Å². The van der Waals surface area contributed by atoms with Crippen molar-refractivity contribution in [3.8, 4) is 0 Å². The van der Waals surface area contributed by atoms with Gasteiger partial charge in [-0.2, -0.15) is 0 Å². The second-order valence-electron chi connectivity index (χ2n) is 4.05. The first-order valence-electron chi connectivity index (χ1n) is 5.78. The summed E-state index contributed by atoms with van der Waals surface area (Å²) in [4.78, 5) is 10.1. The number of nitrogens with zero attached hydrogens (tertiary/aromatic N) is 3. The largest absolute Gasteiger partial charge is 0.354 e. The number of anilines is 1. The van der Waals surface area contributed by atoms with Crippen LogP contribution in [0.1, 0.15) is 19.3 Å². The van der Waals surface area contributed by atoms with E-state index in [0.29, 0.717) is 5.95 Å². The molecule has 2 heterocycles.